The maximum Gasteiger partial charge on any atom is 0.227 e. The molecule has 1 aliphatic heterocycles. The molecule has 28 heavy (non-hydrogen) atoms. The van der Waals surface area contributed by atoms with Crippen LogP contribution in [-0.4, -0.2) is 34.6 Å². The Bertz CT molecular complexity index is 894. The van der Waals surface area contributed by atoms with Crippen LogP contribution in [0.25, 0.3) is 12.2 Å². The summed E-state index contributed by atoms with van der Waals surface area (Å²) in [5, 5.41) is 19.5. The minimum Gasteiger partial charge on any atom is -0.394 e. The summed E-state index contributed by atoms with van der Waals surface area (Å²) < 4.78 is 0. The molecular weight excluding hydrogens is 348 g/mol. The molecule has 1 heterocycles. The van der Waals surface area contributed by atoms with Gasteiger partial charge in [0.25, 0.3) is 0 Å². The van der Waals surface area contributed by atoms with E-state index in [2.05, 4.69) is 30.4 Å². The van der Waals surface area contributed by atoms with Crippen molar-refractivity contribution in [1.82, 2.24) is 4.90 Å². The zero-order valence-electron chi connectivity index (χ0n) is 15.7. The number of hydrogen-bond donors (Lipinski definition) is 1. The van der Waals surface area contributed by atoms with Gasteiger partial charge in [0.2, 0.25) is 5.91 Å². The molecule has 2 fully saturated rings. The van der Waals surface area contributed by atoms with Crippen LogP contribution in [-0.2, 0) is 4.79 Å². The Morgan fingerprint density at radius 3 is 2.25 bits per heavy atom. The Hall–Kier alpha value is -2.90. The lowest BCUT2D eigenvalue weighted by Gasteiger charge is -2.53. The highest BCUT2D eigenvalue weighted by Gasteiger charge is 2.53. The zero-order chi connectivity index (χ0) is 19.5. The van der Waals surface area contributed by atoms with Gasteiger partial charge in [-0.1, -0.05) is 73.2 Å². The molecule has 1 aliphatic carbocycles. The summed E-state index contributed by atoms with van der Waals surface area (Å²) in [7, 11) is 0. The number of likely N-dealkylation sites (tertiary alicyclic amines) is 1. The molecule has 2 aliphatic rings. The summed E-state index contributed by atoms with van der Waals surface area (Å²) in [6.45, 7) is -0.114. The summed E-state index contributed by atoms with van der Waals surface area (Å²) in [6, 6.07) is 19.7. The van der Waals surface area contributed by atoms with E-state index in [1.807, 2.05) is 42.5 Å². The average Bonchev–Trinajstić information content (AvgIpc) is 2.67. The normalized spacial score (nSPS) is 24.4. The lowest BCUT2D eigenvalue weighted by Crippen LogP contribution is -2.66. The van der Waals surface area contributed by atoms with Crippen LogP contribution in [0.3, 0.4) is 0 Å². The average molecular weight is 372 g/mol. The Labute approximate surface area is 165 Å². The van der Waals surface area contributed by atoms with Gasteiger partial charge in [0.15, 0.2) is 0 Å². The van der Waals surface area contributed by atoms with Crippen LogP contribution in [0, 0.1) is 17.2 Å². The van der Waals surface area contributed by atoms with E-state index in [1.165, 1.54) is 0 Å². The third-order valence-corrected chi connectivity index (χ3v) is 6.03. The SMILES string of the molecule is N#C[C@@H]1[C@@H](c2ccc(/C=C/c3ccccc3)cc2)[C@@H](CO)N1C(=O)C1CCC1. The van der Waals surface area contributed by atoms with Crippen LogP contribution in [0.2, 0.25) is 0 Å². The van der Waals surface area contributed by atoms with Gasteiger partial charge in [-0.15, -0.1) is 0 Å². The van der Waals surface area contributed by atoms with Crippen LogP contribution >= 0.6 is 0 Å². The molecule has 1 saturated heterocycles. The monoisotopic (exact) mass is 372 g/mol. The van der Waals surface area contributed by atoms with E-state index in [0.717, 1.165) is 36.0 Å². The summed E-state index contributed by atoms with van der Waals surface area (Å²) in [4.78, 5) is 14.3. The van der Waals surface area contributed by atoms with Gasteiger partial charge in [-0.2, -0.15) is 5.26 Å². The molecule has 2 aromatic rings. The number of amides is 1. The number of carbonyl (C=O) groups is 1. The molecule has 1 saturated carbocycles. The topological polar surface area (TPSA) is 64.3 Å². The van der Waals surface area contributed by atoms with Gasteiger partial charge in [-0.25, -0.2) is 0 Å². The summed E-state index contributed by atoms with van der Waals surface area (Å²) in [6.07, 6.45) is 6.99. The van der Waals surface area contributed by atoms with Gasteiger partial charge in [-0.3, -0.25) is 4.79 Å². The quantitative estimate of drug-likeness (QED) is 0.811. The van der Waals surface area contributed by atoms with E-state index >= 15 is 0 Å². The third-order valence-electron chi connectivity index (χ3n) is 6.03. The number of rotatable bonds is 5. The first-order chi connectivity index (χ1) is 13.7. The molecule has 0 radical (unpaired) electrons. The molecular formula is C24H24N2O2. The van der Waals surface area contributed by atoms with Crippen molar-refractivity contribution in [2.24, 2.45) is 5.92 Å². The fourth-order valence-electron chi connectivity index (χ4n) is 4.16. The summed E-state index contributed by atoms with van der Waals surface area (Å²) in [5.41, 5.74) is 3.21. The number of benzene rings is 2. The van der Waals surface area contributed by atoms with Gasteiger partial charge in [-0.05, 0) is 29.5 Å². The molecule has 4 heteroatoms. The molecule has 3 atom stereocenters. The molecule has 1 N–H and O–H groups in total. The highest BCUT2D eigenvalue weighted by atomic mass is 16.3. The summed E-state index contributed by atoms with van der Waals surface area (Å²) in [5.74, 6) is -0.0574. The maximum absolute atomic E-state index is 12.7. The lowest BCUT2D eigenvalue weighted by atomic mass is 9.73. The Morgan fingerprint density at radius 1 is 1.07 bits per heavy atom. The fourth-order valence-corrected chi connectivity index (χ4v) is 4.16. The number of aliphatic hydroxyl groups is 1. The number of carbonyl (C=O) groups excluding carboxylic acids is 1. The molecule has 0 aromatic heterocycles. The molecule has 0 spiro atoms. The van der Waals surface area contributed by atoms with Gasteiger partial charge < -0.3 is 10.0 Å². The van der Waals surface area contributed by atoms with Crippen molar-refractivity contribution in [3.05, 3.63) is 71.3 Å². The maximum atomic E-state index is 12.7. The number of hydrogen-bond acceptors (Lipinski definition) is 3. The molecule has 4 nitrogen and oxygen atoms in total. The van der Waals surface area contributed by atoms with Crippen molar-refractivity contribution in [3.63, 3.8) is 0 Å². The van der Waals surface area contributed by atoms with Gasteiger partial charge >= 0.3 is 0 Å². The Balaban J connectivity index is 1.49. The van der Waals surface area contributed by atoms with Gasteiger partial charge in [0.05, 0.1) is 18.7 Å². The zero-order valence-corrected chi connectivity index (χ0v) is 15.7. The second-order valence-electron chi connectivity index (χ2n) is 7.63. The van der Waals surface area contributed by atoms with E-state index < -0.39 is 6.04 Å². The van der Waals surface area contributed by atoms with Crippen LogP contribution in [0.15, 0.2) is 54.6 Å². The third kappa shape index (κ3) is 3.34. The number of aliphatic hydroxyl groups excluding tert-OH is 1. The predicted molar refractivity (Wildman–Crippen MR) is 109 cm³/mol. The van der Waals surface area contributed by atoms with Gasteiger partial charge in [0.1, 0.15) is 6.04 Å². The minimum absolute atomic E-state index is 0.0375. The van der Waals surface area contributed by atoms with Crippen molar-refractivity contribution >= 4 is 18.1 Å². The van der Waals surface area contributed by atoms with E-state index in [-0.39, 0.29) is 30.4 Å². The first-order valence-corrected chi connectivity index (χ1v) is 9.88. The van der Waals surface area contributed by atoms with E-state index in [1.54, 1.807) is 4.90 Å². The highest BCUT2D eigenvalue weighted by molar-refractivity contribution is 5.82. The van der Waals surface area contributed by atoms with Crippen LogP contribution in [0.1, 0.15) is 41.9 Å². The second-order valence-corrected chi connectivity index (χ2v) is 7.63. The molecule has 4 rings (SSSR count). The van der Waals surface area contributed by atoms with E-state index in [4.69, 9.17) is 0 Å². The van der Waals surface area contributed by atoms with E-state index in [0.29, 0.717) is 0 Å². The van der Waals surface area contributed by atoms with Gasteiger partial charge in [0, 0.05) is 11.8 Å². The van der Waals surface area contributed by atoms with Crippen molar-refractivity contribution in [1.29, 1.82) is 5.26 Å². The number of nitriles is 1. The van der Waals surface area contributed by atoms with E-state index in [9.17, 15) is 15.2 Å². The number of nitrogens with zero attached hydrogens (tertiary/aromatic N) is 2. The van der Waals surface area contributed by atoms with Crippen LogP contribution < -0.4 is 0 Å². The Morgan fingerprint density at radius 2 is 1.71 bits per heavy atom. The fraction of sp³-hybridized carbons (Fsp3) is 0.333. The Kier molecular flexibility index (Phi) is 5.27. The standard InChI is InChI=1S/C24H24N2O2/c25-15-21-23(22(16-27)26(21)24(28)20-7-4-8-20)19-13-11-18(12-14-19)10-9-17-5-2-1-3-6-17/h1-3,5-6,9-14,20-23,27H,4,7-8,16H2/b10-9+/t21-,22-,23-/m1/s1. The van der Waals surface area contributed by atoms with Crippen LogP contribution in [0.5, 0.6) is 0 Å². The van der Waals surface area contributed by atoms with Crippen molar-refractivity contribution in [3.8, 4) is 6.07 Å². The first kappa shape index (κ1) is 18.5. The molecule has 1 amide bonds. The van der Waals surface area contributed by atoms with Crippen molar-refractivity contribution in [2.75, 3.05) is 6.61 Å². The first-order valence-electron chi connectivity index (χ1n) is 9.88. The predicted octanol–water partition coefficient (Wildman–Crippen LogP) is 3.84. The smallest absolute Gasteiger partial charge is 0.227 e. The largest absolute Gasteiger partial charge is 0.394 e. The van der Waals surface area contributed by atoms with Crippen molar-refractivity contribution < 1.29 is 9.90 Å². The highest BCUT2D eigenvalue weighted by Crippen LogP contribution is 2.43. The molecule has 142 valence electrons. The minimum atomic E-state index is -0.490. The van der Waals surface area contributed by atoms with Crippen molar-refractivity contribution in [2.45, 2.75) is 37.3 Å². The lowest BCUT2D eigenvalue weighted by molar-refractivity contribution is -0.154. The molecule has 0 bridgehead atoms. The molecule has 2 aromatic carbocycles. The second kappa shape index (κ2) is 8.00. The van der Waals surface area contributed by atoms with Crippen LogP contribution in [0.4, 0.5) is 0 Å². The molecule has 0 unspecified atom stereocenters. The summed E-state index contributed by atoms with van der Waals surface area (Å²) >= 11 is 0.